The minimum atomic E-state index is -0.190. The van der Waals surface area contributed by atoms with Gasteiger partial charge in [0.2, 0.25) is 0 Å². The van der Waals surface area contributed by atoms with Crippen LogP contribution in [0.15, 0.2) is 35.3 Å². The van der Waals surface area contributed by atoms with E-state index < -0.39 is 0 Å². The maximum Gasteiger partial charge on any atom is 0.126 e. The van der Waals surface area contributed by atoms with Crippen molar-refractivity contribution in [1.82, 2.24) is 0 Å². The van der Waals surface area contributed by atoms with Crippen LogP contribution in [0, 0.1) is 19.7 Å². The number of hydrogen-bond acceptors (Lipinski definition) is 2. The standard InChI is InChI=1S/C23H29FN2/c1-7-26-22-11-15(2)18(12-20(22)17(4)13-23(26,5)6)14-25-19-8-9-21(24)16(3)10-19/h8-12,14,17H,7,13H2,1-6H3. The molecule has 1 unspecified atom stereocenters. The lowest BCUT2D eigenvalue weighted by atomic mass is 9.79. The molecule has 0 saturated carbocycles. The van der Waals surface area contributed by atoms with Gasteiger partial charge in [-0.25, -0.2) is 4.39 Å². The number of halogens is 1. The lowest BCUT2D eigenvalue weighted by Crippen LogP contribution is -2.48. The molecule has 1 heterocycles. The van der Waals surface area contributed by atoms with E-state index in [4.69, 9.17) is 0 Å². The summed E-state index contributed by atoms with van der Waals surface area (Å²) in [5.41, 5.74) is 6.68. The summed E-state index contributed by atoms with van der Waals surface area (Å²) in [6.45, 7) is 14.1. The van der Waals surface area contributed by atoms with Crippen LogP contribution in [-0.4, -0.2) is 18.3 Å². The predicted octanol–water partition coefficient (Wildman–Crippen LogP) is 6.31. The van der Waals surface area contributed by atoms with E-state index in [1.54, 1.807) is 19.1 Å². The average Bonchev–Trinajstić information content (AvgIpc) is 2.56. The van der Waals surface area contributed by atoms with Crippen LogP contribution in [0.2, 0.25) is 0 Å². The summed E-state index contributed by atoms with van der Waals surface area (Å²) in [6, 6.07) is 9.56. The first-order chi connectivity index (χ1) is 12.2. The lowest BCUT2D eigenvalue weighted by molar-refractivity contribution is 0.381. The maximum atomic E-state index is 13.4. The van der Waals surface area contributed by atoms with Gasteiger partial charge in [0.25, 0.3) is 0 Å². The molecular formula is C23H29FN2. The van der Waals surface area contributed by atoms with Crippen molar-refractivity contribution in [2.24, 2.45) is 4.99 Å². The van der Waals surface area contributed by atoms with E-state index in [1.807, 2.05) is 6.21 Å². The number of hydrogen-bond donors (Lipinski definition) is 0. The Kier molecular flexibility index (Phi) is 4.92. The zero-order chi connectivity index (χ0) is 19.1. The molecule has 1 atom stereocenters. The summed E-state index contributed by atoms with van der Waals surface area (Å²) in [7, 11) is 0. The Labute approximate surface area is 156 Å². The average molecular weight is 352 g/mol. The molecule has 0 aromatic heterocycles. The molecule has 138 valence electrons. The molecule has 0 aliphatic carbocycles. The maximum absolute atomic E-state index is 13.4. The lowest BCUT2D eigenvalue weighted by Gasteiger charge is -2.47. The van der Waals surface area contributed by atoms with Gasteiger partial charge in [0.1, 0.15) is 5.82 Å². The number of nitrogens with zero attached hydrogens (tertiary/aromatic N) is 2. The molecule has 3 rings (SSSR count). The Balaban J connectivity index is 1.99. The molecule has 0 bridgehead atoms. The first-order valence-corrected chi connectivity index (χ1v) is 9.45. The Morgan fingerprint density at radius 2 is 1.92 bits per heavy atom. The van der Waals surface area contributed by atoms with Gasteiger partial charge < -0.3 is 4.90 Å². The van der Waals surface area contributed by atoms with Crippen LogP contribution in [0.25, 0.3) is 0 Å². The number of anilines is 1. The van der Waals surface area contributed by atoms with E-state index >= 15 is 0 Å². The summed E-state index contributed by atoms with van der Waals surface area (Å²) in [5, 5.41) is 0. The smallest absolute Gasteiger partial charge is 0.126 e. The van der Waals surface area contributed by atoms with Crippen molar-refractivity contribution in [2.75, 3.05) is 11.4 Å². The van der Waals surface area contributed by atoms with E-state index in [-0.39, 0.29) is 11.4 Å². The second kappa shape index (κ2) is 6.86. The van der Waals surface area contributed by atoms with Crippen molar-refractivity contribution in [3.8, 4) is 0 Å². The molecule has 0 spiro atoms. The van der Waals surface area contributed by atoms with Crippen LogP contribution < -0.4 is 4.90 Å². The third kappa shape index (κ3) is 3.40. The first-order valence-electron chi connectivity index (χ1n) is 9.45. The van der Waals surface area contributed by atoms with Crippen molar-refractivity contribution in [2.45, 2.75) is 59.4 Å². The van der Waals surface area contributed by atoms with Gasteiger partial charge in [-0.3, -0.25) is 4.99 Å². The molecule has 2 nitrogen and oxygen atoms in total. The minimum Gasteiger partial charge on any atom is -0.366 e. The molecule has 0 fully saturated rings. The van der Waals surface area contributed by atoms with Gasteiger partial charge in [0, 0.05) is 24.0 Å². The number of aryl methyl sites for hydroxylation is 2. The Bertz CT molecular complexity index is 852. The molecule has 2 aromatic rings. The fraction of sp³-hybridized carbons (Fsp3) is 0.435. The minimum absolute atomic E-state index is 0.175. The van der Waals surface area contributed by atoms with Crippen LogP contribution in [0.4, 0.5) is 15.8 Å². The van der Waals surface area contributed by atoms with Gasteiger partial charge >= 0.3 is 0 Å². The van der Waals surface area contributed by atoms with Crippen molar-refractivity contribution >= 4 is 17.6 Å². The normalized spacial score (nSPS) is 19.0. The SMILES string of the molecule is CCN1c2cc(C)c(C=Nc3ccc(F)c(C)c3)cc2C(C)CC1(C)C. The second-order valence-electron chi connectivity index (χ2n) is 8.12. The molecule has 0 saturated heterocycles. The predicted molar refractivity (Wildman–Crippen MR) is 110 cm³/mol. The number of benzene rings is 2. The van der Waals surface area contributed by atoms with Crippen LogP contribution in [0.3, 0.4) is 0 Å². The fourth-order valence-corrected chi connectivity index (χ4v) is 4.24. The highest BCUT2D eigenvalue weighted by atomic mass is 19.1. The van der Waals surface area contributed by atoms with Crippen molar-refractivity contribution < 1.29 is 4.39 Å². The molecule has 3 heteroatoms. The van der Waals surface area contributed by atoms with Gasteiger partial charge in [-0.15, -0.1) is 0 Å². The molecule has 26 heavy (non-hydrogen) atoms. The molecule has 2 aromatic carbocycles. The largest absolute Gasteiger partial charge is 0.366 e. The Morgan fingerprint density at radius 3 is 2.58 bits per heavy atom. The van der Waals surface area contributed by atoms with Crippen LogP contribution in [0.1, 0.15) is 62.3 Å². The van der Waals surface area contributed by atoms with Gasteiger partial charge in [-0.1, -0.05) is 6.92 Å². The molecule has 0 N–H and O–H groups in total. The zero-order valence-corrected chi connectivity index (χ0v) is 16.7. The highest BCUT2D eigenvalue weighted by Crippen LogP contribution is 2.44. The molecular weight excluding hydrogens is 323 g/mol. The third-order valence-electron chi connectivity index (χ3n) is 5.58. The summed E-state index contributed by atoms with van der Waals surface area (Å²) in [6.07, 6.45) is 3.05. The van der Waals surface area contributed by atoms with Gasteiger partial charge in [0.05, 0.1) is 5.69 Å². The second-order valence-corrected chi connectivity index (χ2v) is 8.12. The third-order valence-corrected chi connectivity index (χ3v) is 5.58. The van der Waals surface area contributed by atoms with Crippen LogP contribution in [0.5, 0.6) is 0 Å². The van der Waals surface area contributed by atoms with E-state index in [2.05, 4.69) is 56.6 Å². The summed E-state index contributed by atoms with van der Waals surface area (Å²) in [4.78, 5) is 7.09. The Hall–Kier alpha value is -2.16. The van der Waals surface area contributed by atoms with Gasteiger partial charge in [-0.2, -0.15) is 0 Å². The van der Waals surface area contributed by atoms with Crippen molar-refractivity contribution in [1.29, 1.82) is 0 Å². The van der Waals surface area contributed by atoms with Gasteiger partial charge in [-0.05, 0) is 99.5 Å². The van der Waals surface area contributed by atoms with E-state index in [1.165, 1.54) is 22.9 Å². The van der Waals surface area contributed by atoms with E-state index in [0.29, 0.717) is 11.5 Å². The van der Waals surface area contributed by atoms with Crippen molar-refractivity contribution in [3.63, 3.8) is 0 Å². The van der Waals surface area contributed by atoms with Crippen molar-refractivity contribution in [3.05, 3.63) is 58.4 Å². The quantitative estimate of drug-likeness (QED) is 0.591. The number of rotatable bonds is 3. The molecule has 0 amide bonds. The number of fused-ring (bicyclic) bond motifs is 1. The topological polar surface area (TPSA) is 15.6 Å². The van der Waals surface area contributed by atoms with Gasteiger partial charge in [0.15, 0.2) is 0 Å². The van der Waals surface area contributed by atoms with Crippen LogP contribution >= 0.6 is 0 Å². The molecule has 1 aliphatic heterocycles. The van der Waals surface area contributed by atoms with Crippen LogP contribution in [-0.2, 0) is 0 Å². The van der Waals surface area contributed by atoms with E-state index in [9.17, 15) is 4.39 Å². The summed E-state index contributed by atoms with van der Waals surface area (Å²) >= 11 is 0. The van der Waals surface area contributed by atoms with E-state index in [0.717, 1.165) is 24.2 Å². The monoisotopic (exact) mass is 352 g/mol. The Morgan fingerprint density at radius 1 is 1.19 bits per heavy atom. The molecule has 1 aliphatic rings. The summed E-state index contributed by atoms with van der Waals surface area (Å²) < 4.78 is 13.4. The highest BCUT2D eigenvalue weighted by molar-refractivity contribution is 5.86. The fourth-order valence-electron chi connectivity index (χ4n) is 4.24. The first kappa shape index (κ1) is 18.6. The number of aliphatic imine (C=N–C) groups is 1. The zero-order valence-electron chi connectivity index (χ0n) is 16.7. The highest BCUT2D eigenvalue weighted by Gasteiger charge is 2.35. The summed E-state index contributed by atoms with van der Waals surface area (Å²) in [5.74, 6) is 0.327. The molecule has 0 radical (unpaired) electrons.